The molecule has 1 unspecified atom stereocenters. The van der Waals surface area contributed by atoms with Gasteiger partial charge in [0.25, 0.3) is 0 Å². The maximum atomic E-state index is 14.3. The predicted octanol–water partition coefficient (Wildman–Crippen LogP) is 3.95. The first kappa shape index (κ1) is 19.4. The highest BCUT2D eigenvalue weighted by atomic mass is 19.1. The molecule has 5 nitrogen and oxygen atoms in total. The molecule has 6 heteroatoms. The Balaban J connectivity index is 1.87. The normalized spacial score (nSPS) is 12.3. The number of nitrogens with one attached hydrogen (secondary N) is 1. The van der Waals surface area contributed by atoms with Crippen LogP contribution in [0.1, 0.15) is 57.3 Å². The van der Waals surface area contributed by atoms with Crippen molar-refractivity contribution in [2.24, 2.45) is 5.73 Å². The Bertz CT molecular complexity index is 645. The molecule has 0 saturated carbocycles. The Kier molecular flexibility index (Phi) is 7.88. The van der Waals surface area contributed by atoms with Crippen LogP contribution in [0, 0.1) is 5.82 Å². The van der Waals surface area contributed by atoms with E-state index in [0.29, 0.717) is 29.4 Å². The topological polar surface area (TPSA) is 84.2 Å². The molecular weight excluding hydrogens is 321 g/mol. The van der Waals surface area contributed by atoms with Gasteiger partial charge < -0.3 is 20.6 Å². The second-order valence-corrected chi connectivity index (χ2v) is 6.23. The Morgan fingerprint density at radius 3 is 2.72 bits per heavy atom. The second-order valence-electron chi connectivity index (χ2n) is 6.23. The number of benzene rings is 1. The molecular formula is C19H28FN3O2. The van der Waals surface area contributed by atoms with Gasteiger partial charge in [0.2, 0.25) is 0 Å². The molecule has 0 aliphatic rings. The lowest BCUT2D eigenvalue weighted by Crippen LogP contribution is -2.15. The number of hydrogen-bond donors (Lipinski definition) is 3. The molecule has 2 aromatic rings. The maximum absolute atomic E-state index is 14.3. The van der Waals surface area contributed by atoms with Crippen molar-refractivity contribution in [1.29, 1.82) is 0 Å². The van der Waals surface area contributed by atoms with E-state index in [4.69, 9.17) is 15.6 Å². The van der Waals surface area contributed by atoms with E-state index >= 15 is 0 Å². The van der Waals surface area contributed by atoms with Crippen LogP contribution in [-0.2, 0) is 0 Å². The molecule has 0 radical (unpaired) electrons. The Morgan fingerprint density at radius 1 is 1.24 bits per heavy atom. The fraction of sp³-hybridized carbons (Fsp3) is 0.526. The van der Waals surface area contributed by atoms with Gasteiger partial charge in [0, 0.05) is 11.6 Å². The zero-order valence-electron chi connectivity index (χ0n) is 14.8. The number of aliphatic hydroxyl groups excluding tert-OH is 1. The van der Waals surface area contributed by atoms with Gasteiger partial charge in [0.1, 0.15) is 17.4 Å². The van der Waals surface area contributed by atoms with Crippen LogP contribution in [0.3, 0.4) is 0 Å². The SMILES string of the molecule is CCCCCCCCOc1ccc(-c2cnc(C(N)CO)[nH]2)c(F)c1. The van der Waals surface area contributed by atoms with E-state index in [9.17, 15) is 4.39 Å². The predicted molar refractivity (Wildman–Crippen MR) is 96.9 cm³/mol. The summed E-state index contributed by atoms with van der Waals surface area (Å²) in [5.41, 5.74) is 6.62. The number of aromatic amines is 1. The molecule has 0 aliphatic heterocycles. The average Bonchev–Trinajstić information content (AvgIpc) is 3.10. The Labute approximate surface area is 148 Å². The van der Waals surface area contributed by atoms with Gasteiger partial charge in [-0.05, 0) is 18.6 Å². The van der Waals surface area contributed by atoms with Crippen LogP contribution in [0.2, 0.25) is 0 Å². The van der Waals surface area contributed by atoms with Gasteiger partial charge in [-0.15, -0.1) is 0 Å². The van der Waals surface area contributed by atoms with E-state index < -0.39 is 6.04 Å². The Hall–Kier alpha value is -1.92. The molecule has 1 atom stereocenters. The number of unbranched alkanes of at least 4 members (excludes halogenated alkanes) is 5. The molecule has 1 aromatic carbocycles. The summed E-state index contributed by atoms with van der Waals surface area (Å²) >= 11 is 0. The maximum Gasteiger partial charge on any atom is 0.136 e. The first-order valence-corrected chi connectivity index (χ1v) is 8.99. The molecule has 1 aromatic heterocycles. The number of ether oxygens (including phenoxy) is 1. The van der Waals surface area contributed by atoms with Crippen LogP contribution in [-0.4, -0.2) is 28.3 Å². The fourth-order valence-corrected chi connectivity index (χ4v) is 2.62. The molecule has 0 spiro atoms. The lowest BCUT2D eigenvalue weighted by atomic mass is 10.1. The third kappa shape index (κ3) is 5.83. The van der Waals surface area contributed by atoms with E-state index in [-0.39, 0.29) is 12.4 Å². The van der Waals surface area contributed by atoms with Crippen molar-refractivity contribution in [2.75, 3.05) is 13.2 Å². The van der Waals surface area contributed by atoms with Crippen LogP contribution in [0.4, 0.5) is 4.39 Å². The number of aromatic nitrogens is 2. The molecule has 138 valence electrons. The van der Waals surface area contributed by atoms with Gasteiger partial charge in [0.05, 0.1) is 31.1 Å². The highest BCUT2D eigenvalue weighted by Crippen LogP contribution is 2.26. The smallest absolute Gasteiger partial charge is 0.136 e. The van der Waals surface area contributed by atoms with Crippen molar-refractivity contribution in [3.63, 3.8) is 0 Å². The van der Waals surface area contributed by atoms with Crippen LogP contribution >= 0.6 is 0 Å². The minimum atomic E-state index is -0.600. The first-order valence-electron chi connectivity index (χ1n) is 8.99. The van der Waals surface area contributed by atoms with Gasteiger partial charge in [0.15, 0.2) is 0 Å². The summed E-state index contributed by atoms with van der Waals surface area (Å²) in [6, 6.07) is 4.20. The van der Waals surface area contributed by atoms with Gasteiger partial charge in [-0.3, -0.25) is 0 Å². The first-order chi connectivity index (χ1) is 12.2. The number of H-pyrrole nitrogens is 1. The lowest BCUT2D eigenvalue weighted by molar-refractivity contribution is 0.264. The van der Waals surface area contributed by atoms with E-state index in [0.717, 1.165) is 12.8 Å². The van der Waals surface area contributed by atoms with Crippen molar-refractivity contribution in [3.05, 3.63) is 36.0 Å². The molecule has 0 saturated heterocycles. The van der Waals surface area contributed by atoms with Crippen molar-refractivity contribution < 1.29 is 14.2 Å². The van der Waals surface area contributed by atoms with Crippen LogP contribution in [0.25, 0.3) is 11.3 Å². The van der Waals surface area contributed by atoms with Crippen molar-refractivity contribution in [1.82, 2.24) is 9.97 Å². The van der Waals surface area contributed by atoms with Gasteiger partial charge in [-0.1, -0.05) is 39.0 Å². The highest BCUT2D eigenvalue weighted by molar-refractivity contribution is 5.60. The average molecular weight is 349 g/mol. The largest absolute Gasteiger partial charge is 0.493 e. The number of nitrogens with zero attached hydrogens (tertiary/aromatic N) is 1. The third-order valence-corrected chi connectivity index (χ3v) is 4.14. The molecule has 0 aliphatic carbocycles. The standard InChI is InChI=1S/C19H28FN3O2/c1-2-3-4-5-6-7-10-25-14-8-9-15(16(20)11-14)18-12-22-19(23-18)17(21)13-24/h8-9,11-12,17,24H,2-7,10,13,21H2,1H3,(H,22,23). The molecule has 4 N–H and O–H groups in total. The van der Waals surface area contributed by atoms with Crippen molar-refractivity contribution in [2.45, 2.75) is 51.5 Å². The summed E-state index contributed by atoms with van der Waals surface area (Å²) in [6.07, 6.45) is 8.66. The van der Waals surface area contributed by atoms with Crippen LogP contribution in [0.5, 0.6) is 5.75 Å². The van der Waals surface area contributed by atoms with Crippen LogP contribution in [0.15, 0.2) is 24.4 Å². The summed E-state index contributed by atoms with van der Waals surface area (Å²) in [5, 5.41) is 9.05. The zero-order chi connectivity index (χ0) is 18.1. The minimum absolute atomic E-state index is 0.222. The van der Waals surface area contributed by atoms with Crippen molar-refractivity contribution in [3.8, 4) is 17.0 Å². The quantitative estimate of drug-likeness (QED) is 0.536. The molecule has 0 bridgehead atoms. The monoisotopic (exact) mass is 349 g/mol. The van der Waals surface area contributed by atoms with Gasteiger partial charge >= 0.3 is 0 Å². The molecule has 0 fully saturated rings. The number of aliphatic hydroxyl groups is 1. The molecule has 2 rings (SSSR count). The van der Waals surface area contributed by atoms with Crippen LogP contribution < -0.4 is 10.5 Å². The minimum Gasteiger partial charge on any atom is -0.493 e. The number of imidazole rings is 1. The highest BCUT2D eigenvalue weighted by Gasteiger charge is 2.13. The zero-order valence-corrected chi connectivity index (χ0v) is 14.8. The van der Waals surface area contributed by atoms with E-state index in [1.807, 2.05) is 0 Å². The lowest BCUT2D eigenvalue weighted by Gasteiger charge is -2.08. The van der Waals surface area contributed by atoms with E-state index in [1.165, 1.54) is 37.9 Å². The van der Waals surface area contributed by atoms with E-state index in [2.05, 4.69) is 16.9 Å². The number of halogens is 1. The summed E-state index contributed by atoms with van der Waals surface area (Å²) in [7, 11) is 0. The number of nitrogens with two attached hydrogens (primary N) is 1. The Morgan fingerprint density at radius 2 is 2.00 bits per heavy atom. The van der Waals surface area contributed by atoms with E-state index in [1.54, 1.807) is 12.1 Å². The van der Waals surface area contributed by atoms with Gasteiger partial charge in [-0.2, -0.15) is 0 Å². The summed E-state index contributed by atoms with van der Waals surface area (Å²) in [4.78, 5) is 7.02. The molecule has 1 heterocycles. The van der Waals surface area contributed by atoms with Crippen molar-refractivity contribution >= 4 is 0 Å². The van der Waals surface area contributed by atoms with Gasteiger partial charge in [-0.25, -0.2) is 9.37 Å². The summed E-state index contributed by atoms with van der Waals surface area (Å²) in [5.74, 6) is 0.579. The second kappa shape index (κ2) is 10.2. The summed E-state index contributed by atoms with van der Waals surface area (Å²) in [6.45, 7) is 2.58. The fourth-order valence-electron chi connectivity index (χ4n) is 2.62. The number of hydrogen-bond acceptors (Lipinski definition) is 4. The molecule has 25 heavy (non-hydrogen) atoms. The summed E-state index contributed by atoms with van der Waals surface area (Å²) < 4.78 is 20.0. The third-order valence-electron chi connectivity index (χ3n) is 4.14. The number of rotatable bonds is 11. The molecule has 0 amide bonds.